The van der Waals surface area contributed by atoms with E-state index in [1.54, 1.807) is 6.07 Å². The highest BCUT2D eigenvalue weighted by Gasteiger charge is 2.24. The van der Waals surface area contributed by atoms with E-state index in [0.717, 1.165) is 30.6 Å². The fraction of sp³-hybridized carbons (Fsp3) is 0. The van der Waals surface area contributed by atoms with E-state index in [1.807, 2.05) is 0 Å². The summed E-state index contributed by atoms with van der Waals surface area (Å²) in [5.74, 6) is -3.99. The van der Waals surface area contributed by atoms with Gasteiger partial charge in [-0.25, -0.2) is 18.2 Å². The molecule has 7 heteroatoms. The minimum Gasteiger partial charge on any atom is -0.345 e. The van der Waals surface area contributed by atoms with Crippen LogP contribution < -0.4 is 0 Å². The molecule has 1 N–H and O–H groups in total. The first-order valence-electron chi connectivity index (χ1n) is 6.09. The van der Waals surface area contributed by atoms with Gasteiger partial charge in [-0.1, -0.05) is 6.07 Å². The molecule has 2 heterocycles. The molecule has 0 unspecified atom stereocenters. The van der Waals surface area contributed by atoms with Crippen LogP contribution in [0.5, 0.6) is 0 Å². The van der Waals surface area contributed by atoms with Crippen molar-refractivity contribution in [3.8, 4) is 6.07 Å². The summed E-state index contributed by atoms with van der Waals surface area (Å²) >= 11 is 0. The van der Waals surface area contributed by atoms with Crippen LogP contribution >= 0.6 is 0 Å². The van der Waals surface area contributed by atoms with Crippen LogP contribution in [0.15, 0.2) is 30.6 Å². The molecule has 0 spiro atoms. The summed E-state index contributed by atoms with van der Waals surface area (Å²) < 4.78 is 41.1. The average Bonchev–Trinajstić information content (AvgIpc) is 2.91. The number of rotatable bonds is 2. The Morgan fingerprint density at radius 1 is 1.18 bits per heavy atom. The zero-order valence-electron chi connectivity index (χ0n) is 10.8. The van der Waals surface area contributed by atoms with Crippen molar-refractivity contribution >= 4 is 16.8 Å². The van der Waals surface area contributed by atoms with Gasteiger partial charge in [-0.3, -0.25) is 4.79 Å². The van der Waals surface area contributed by atoms with Crippen molar-refractivity contribution in [2.75, 3.05) is 0 Å². The molecule has 2 aromatic heterocycles. The van der Waals surface area contributed by atoms with Gasteiger partial charge in [0.05, 0.1) is 22.7 Å². The average molecular weight is 301 g/mol. The van der Waals surface area contributed by atoms with Crippen LogP contribution in [-0.2, 0) is 0 Å². The molecule has 0 aliphatic rings. The summed E-state index contributed by atoms with van der Waals surface area (Å²) in [4.78, 5) is 18.7. The van der Waals surface area contributed by atoms with Gasteiger partial charge in [0.25, 0.3) is 0 Å². The molecule has 0 amide bonds. The maximum absolute atomic E-state index is 13.7. The van der Waals surface area contributed by atoms with Crippen LogP contribution in [0.4, 0.5) is 13.2 Å². The highest BCUT2D eigenvalue weighted by Crippen LogP contribution is 2.26. The van der Waals surface area contributed by atoms with Crippen molar-refractivity contribution in [3.05, 3.63) is 64.7 Å². The Bertz CT molecular complexity index is 936. The van der Waals surface area contributed by atoms with Crippen molar-refractivity contribution in [1.29, 1.82) is 5.26 Å². The number of fused-ring (bicyclic) bond motifs is 1. The van der Waals surface area contributed by atoms with Crippen LogP contribution in [-0.4, -0.2) is 15.8 Å². The first kappa shape index (κ1) is 13.8. The number of aromatic amines is 1. The monoisotopic (exact) mass is 301 g/mol. The predicted molar refractivity (Wildman–Crippen MR) is 70.6 cm³/mol. The predicted octanol–water partition coefficient (Wildman–Crippen LogP) is 3.08. The SMILES string of the molecule is N#Cc1c(F)cnc2[nH]cc(C(=O)c3c(F)cccc3F)c12. The summed E-state index contributed by atoms with van der Waals surface area (Å²) in [5, 5.41) is 8.93. The van der Waals surface area contributed by atoms with Crippen LogP contribution in [0.3, 0.4) is 0 Å². The van der Waals surface area contributed by atoms with E-state index in [9.17, 15) is 18.0 Å². The lowest BCUT2D eigenvalue weighted by Crippen LogP contribution is -2.07. The first-order chi connectivity index (χ1) is 10.5. The van der Waals surface area contributed by atoms with Gasteiger partial charge in [0.15, 0.2) is 5.82 Å². The second-order valence-corrected chi connectivity index (χ2v) is 4.44. The molecule has 22 heavy (non-hydrogen) atoms. The molecule has 0 saturated carbocycles. The number of ketones is 1. The van der Waals surface area contributed by atoms with E-state index in [0.29, 0.717) is 0 Å². The highest BCUT2D eigenvalue weighted by molar-refractivity contribution is 6.17. The summed E-state index contributed by atoms with van der Waals surface area (Å²) in [6, 6.07) is 4.63. The number of carbonyl (C=O) groups is 1. The minimum atomic E-state index is -1.04. The Kier molecular flexibility index (Phi) is 3.14. The maximum Gasteiger partial charge on any atom is 0.201 e. The molecule has 1 aromatic carbocycles. The number of nitriles is 1. The lowest BCUT2D eigenvalue weighted by Gasteiger charge is -2.04. The maximum atomic E-state index is 13.7. The molecule has 0 saturated heterocycles. The largest absolute Gasteiger partial charge is 0.345 e. The fourth-order valence-electron chi connectivity index (χ4n) is 2.21. The van der Waals surface area contributed by atoms with Crippen molar-refractivity contribution in [1.82, 2.24) is 9.97 Å². The third-order valence-corrected chi connectivity index (χ3v) is 3.20. The molecule has 3 aromatic rings. The summed E-state index contributed by atoms with van der Waals surface area (Å²) in [6.45, 7) is 0. The molecular formula is C15H6F3N3O. The van der Waals surface area contributed by atoms with Crippen molar-refractivity contribution in [2.45, 2.75) is 0 Å². The van der Waals surface area contributed by atoms with Crippen molar-refractivity contribution in [2.24, 2.45) is 0 Å². The van der Waals surface area contributed by atoms with E-state index >= 15 is 0 Å². The molecular weight excluding hydrogens is 295 g/mol. The van der Waals surface area contributed by atoms with E-state index in [4.69, 9.17) is 5.26 Å². The number of aromatic nitrogens is 2. The normalized spacial score (nSPS) is 10.6. The van der Waals surface area contributed by atoms with E-state index in [-0.39, 0.29) is 16.6 Å². The summed E-state index contributed by atoms with van der Waals surface area (Å²) in [5.41, 5.74) is -1.32. The molecule has 3 rings (SSSR count). The molecule has 0 fully saturated rings. The minimum absolute atomic E-state index is 0.0815. The topological polar surface area (TPSA) is 69.5 Å². The van der Waals surface area contributed by atoms with Crippen LogP contribution in [0.25, 0.3) is 11.0 Å². The number of nitrogens with one attached hydrogen (secondary N) is 1. The molecule has 0 bridgehead atoms. The van der Waals surface area contributed by atoms with Crippen molar-refractivity contribution < 1.29 is 18.0 Å². The Balaban J connectivity index is 2.30. The molecule has 0 radical (unpaired) electrons. The number of hydrogen-bond donors (Lipinski definition) is 1. The summed E-state index contributed by atoms with van der Waals surface area (Å²) in [6.07, 6.45) is 1.97. The molecule has 0 aliphatic carbocycles. The first-order valence-corrected chi connectivity index (χ1v) is 6.09. The van der Waals surface area contributed by atoms with Gasteiger partial charge >= 0.3 is 0 Å². The van der Waals surface area contributed by atoms with Crippen molar-refractivity contribution in [3.63, 3.8) is 0 Å². The van der Waals surface area contributed by atoms with Gasteiger partial charge in [0.2, 0.25) is 5.78 Å². The number of H-pyrrole nitrogens is 1. The van der Waals surface area contributed by atoms with Gasteiger partial charge in [0.1, 0.15) is 28.9 Å². The Morgan fingerprint density at radius 3 is 2.50 bits per heavy atom. The van der Waals surface area contributed by atoms with E-state index in [2.05, 4.69) is 9.97 Å². The highest BCUT2D eigenvalue weighted by atomic mass is 19.1. The van der Waals surface area contributed by atoms with Gasteiger partial charge in [-0.2, -0.15) is 5.26 Å². The number of carbonyl (C=O) groups excluding carboxylic acids is 1. The van der Waals surface area contributed by atoms with Gasteiger partial charge in [-0.15, -0.1) is 0 Å². The second kappa shape index (κ2) is 5.00. The van der Waals surface area contributed by atoms with Crippen LogP contribution in [0.1, 0.15) is 21.5 Å². The number of hydrogen-bond acceptors (Lipinski definition) is 3. The Hall–Kier alpha value is -3.14. The third kappa shape index (κ3) is 1.93. The number of benzene rings is 1. The molecule has 4 nitrogen and oxygen atoms in total. The zero-order valence-corrected chi connectivity index (χ0v) is 10.8. The van der Waals surface area contributed by atoms with Gasteiger partial charge in [-0.05, 0) is 12.1 Å². The second-order valence-electron chi connectivity index (χ2n) is 4.44. The van der Waals surface area contributed by atoms with Gasteiger partial charge in [0, 0.05) is 6.20 Å². The lowest BCUT2D eigenvalue weighted by molar-refractivity contribution is 0.103. The molecule has 0 atom stereocenters. The standard InChI is InChI=1S/C15H6F3N3O/c16-9-2-1-3-10(17)13(9)14(22)8-5-20-15-12(8)7(4-19)11(18)6-21-15/h1-3,5-6H,(H,20,21). The zero-order chi connectivity index (χ0) is 15.9. The lowest BCUT2D eigenvalue weighted by atomic mass is 10.00. The number of pyridine rings is 1. The van der Waals surface area contributed by atoms with Gasteiger partial charge < -0.3 is 4.98 Å². The number of nitrogens with zero attached hydrogens (tertiary/aromatic N) is 2. The Morgan fingerprint density at radius 2 is 1.86 bits per heavy atom. The van der Waals surface area contributed by atoms with Crippen LogP contribution in [0.2, 0.25) is 0 Å². The Labute approximate surface area is 121 Å². The third-order valence-electron chi connectivity index (χ3n) is 3.20. The fourth-order valence-corrected chi connectivity index (χ4v) is 2.21. The number of halogens is 3. The summed E-state index contributed by atoms with van der Waals surface area (Å²) in [7, 11) is 0. The molecule has 0 aliphatic heterocycles. The molecule has 108 valence electrons. The smallest absolute Gasteiger partial charge is 0.201 e. The van der Waals surface area contributed by atoms with E-state index in [1.165, 1.54) is 0 Å². The van der Waals surface area contributed by atoms with Crippen LogP contribution in [0, 0.1) is 28.8 Å². The van der Waals surface area contributed by atoms with E-state index < -0.39 is 34.4 Å². The quantitative estimate of drug-likeness (QED) is 0.739.